The molecular formula is C32H31N5O2S2. The first-order chi connectivity index (χ1) is 19.8. The number of nitrogens with zero attached hydrogens (tertiary/aromatic N) is 3. The van der Waals surface area contributed by atoms with Crippen LogP contribution in [0.2, 0.25) is 0 Å². The highest BCUT2D eigenvalue weighted by Crippen LogP contribution is 2.36. The lowest BCUT2D eigenvalue weighted by molar-refractivity contribution is 0.102. The molecule has 4 N–H and O–H groups in total. The predicted molar refractivity (Wildman–Crippen MR) is 167 cm³/mol. The van der Waals surface area contributed by atoms with Crippen molar-refractivity contribution in [3.05, 3.63) is 128 Å². The van der Waals surface area contributed by atoms with Gasteiger partial charge in [0.2, 0.25) is 11.6 Å². The molecule has 1 aliphatic rings. The zero-order chi connectivity index (χ0) is 28.9. The van der Waals surface area contributed by atoms with Gasteiger partial charge in [0.1, 0.15) is 11.4 Å². The second-order valence-corrected chi connectivity index (χ2v) is 12.2. The molecule has 6 rings (SSSR count). The molecular weight excluding hydrogens is 551 g/mol. The number of ketones is 2. The molecule has 0 bridgehead atoms. The van der Waals surface area contributed by atoms with Gasteiger partial charge in [0, 0.05) is 41.8 Å². The lowest BCUT2D eigenvalue weighted by Crippen LogP contribution is -2.29. The van der Waals surface area contributed by atoms with Crippen LogP contribution >= 0.6 is 22.7 Å². The number of pyridine rings is 2. The van der Waals surface area contributed by atoms with Crippen molar-refractivity contribution >= 4 is 44.2 Å². The number of carbonyl (C=O) groups excluding carboxylic acids is 2. The van der Waals surface area contributed by atoms with Crippen LogP contribution in [0.4, 0.5) is 10.0 Å². The highest BCUT2D eigenvalue weighted by molar-refractivity contribution is 7.16. The largest absolute Gasteiger partial charge is 0.390 e. The molecule has 0 aliphatic carbocycles. The van der Waals surface area contributed by atoms with E-state index in [4.69, 9.17) is 11.5 Å². The molecule has 7 nitrogen and oxygen atoms in total. The van der Waals surface area contributed by atoms with Crippen LogP contribution in [0.15, 0.2) is 79.1 Å². The first kappa shape index (κ1) is 28.4. The predicted octanol–water partition coefficient (Wildman–Crippen LogP) is 6.09. The fraction of sp³-hybridized carbons (Fsp3) is 0.188. The molecule has 0 unspecified atom stereocenters. The molecule has 41 heavy (non-hydrogen) atoms. The van der Waals surface area contributed by atoms with E-state index >= 15 is 0 Å². The molecule has 0 saturated carbocycles. The molecule has 0 saturated heterocycles. The molecule has 1 aliphatic heterocycles. The summed E-state index contributed by atoms with van der Waals surface area (Å²) in [6.45, 7) is 6.57. The van der Waals surface area contributed by atoms with Gasteiger partial charge in [-0.05, 0) is 61.2 Å². The third-order valence-corrected chi connectivity index (χ3v) is 9.16. The highest BCUT2D eigenvalue weighted by Gasteiger charge is 2.28. The first-order valence-electron chi connectivity index (χ1n) is 13.3. The number of aryl methyl sites for hydroxylation is 1. The van der Waals surface area contributed by atoms with Gasteiger partial charge in [-0.3, -0.25) is 24.5 Å². The minimum Gasteiger partial charge on any atom is -0.390 e. The Morgan fingerprint density at radius 2 is 1.39 bits per heavy atom. The number of nitrogen functional groups attached to an aromatic ring is 2. The van der Waals surface area contributed by atoms with E-state index in [9.17, 15) is 9.59 Å². The van der Waals surface area contributed by atoms with Crippen molar-refractivity contribution in [3.63, 3.8) is 0 Å². The number of fused-ring (bicyclic) bond motifs is 1. The van der Waals surface area contributed by atoms with Gasteiger partial charge in [-0.15, -0.1) is 22.7 Å². The maximum atomic E-state index is 12.8. The van der Waals surface area contributed by atoms with Crippen molar-refractivity contribution in [2.24, 2.45) is 0 Å². The Morgan fingerprint density at radius 1 is 0.805 bits per heavy atom. The normalized spacial score (nSPS) is 12.7. The SMILES string of the molecule is Cc1sc(N)c(C(=O)c2ccccn2)c1C.Nc1sc2c(c1C(=O)c1ccccn1)CCN(Cc1ccccc1)C2. The van der Waals surface area contributed by atoms with E-state index < -0.39 is 0 Å². The third-order valence-electron chi connectivity index (χ3n) is 7.07. The molecule has 0 spiro atoms. The number of benzene rings is 1. The standard InChI is InChI=1S/C20H19N3OS.C12H12N2OS/c21-20-18(19(24)16-8-4-5-10-22-16)15-9-11-23(13-17(15)25-20)12-14-6-2-1-3-7-14;1-7-8(2)16-12(13)10(7)11(15)9-5-3-4-6-14-9/h1-8,10H,9,11-13,21H2;3-6H,13H2,1-2H3. The van der Waals surface area contributed by atoms with Crippen molar-refractivity contribution in [2.75, 3.05) is 18.0 Å². The fourth-order valence-corrected chi connectivity index (χ4v) is 6.98. The van der Waals surface area contributed by atoms with Gasteiger partial charge in [0.05, 0.1) is 21.1 Å². The quantitative estimate of drug-likeness (QED) is 0.233. The summed E-state index contributed by atoms with van der Waals surface area (Å²) in [4.78, 5) is 37.9. The Balaban J connectivity index is 0.000000182. The van der Waals surface area contributed by atoms with E-state index in [-0.39, 0.29) is 11.6 Å². The van der Waals surface area contributed by atoms with Crippen LogP contribution in [0.25, 0.3) is 0 Å². The van der Waals surface area contributed by atoms with Gasteiger partial charge in [-0.25, -0.2) is 0 Å². The van der Waals surface area contributed by atoms with Gasteiger partial charge >= 0.3 is 0 Å². The van der Waals surface area contributed by atoms with Crippen LogP contribution in [-0.4, -0.2) is 33.0 Å². The number of carbonyl (C=O) groups is 2. The maximum Gasteiger partial charge on any atom is 0.214 e. The van der Waals surface area contributed by atoms with Gasteiger partial charge in [0.25, 0.3) is 0 Å². The van der Waals surface area contributed by atoms with Crippen LogP contribution in [0.1, 0.15) is 58.5 Å². The van der Waals surface area contributed by atoms with E-state index in [1.807, 2.05) is 32.0 Å². The van der Waals surface area contributed by atoms with Crippen molar-refractivity contribution in [2.45, 2.75) is 33.4 Å². The van der Waals surface area contributed by atoms with E-state index in [1.54, 1.807) is 48.0 Å². The minimum absolute atomic E-state index is 0.0629. The number of aromatic nitrogens is 2. The first-order valence-corrected chi connectivity index (χ1v) is 14.9. The Labute approximate surface area is 247 Å². The number of rotatable bonds is 6. The van der Waals surface area contributed by atoms with Gasteiger partial charge in [-0.2, -0.15) is 0 Å². The Bertz CT molecular complexity index is 1670. The number of anilines is 2. The number of hydrogen-bond donors (Lipinski definition) is 2. The molecule has 9 heteroatoms. The minimum atomic E-state index is -0.0973. The summed E-state index contributed by atoms with van der Waals surface area (Å²) < 4.78 is 0. The monoisotopic (exact) mass is 581 g/mol. The van der Waals surface area contributed by atoms with E-state index in [1.165, 1.54) is 21.8 Å². The molecule has 0 amide bonds. The van der Waals surface area contributed by atoms with Crippen molar-refractivity contribution in [3.8, 4) is 0 Å². The summed E-state index contributed by atoms with van der Waals surface area (Å²) in [6, 6.07) is 21.1. The Morgan fingerprint density at radius 3 is 1.95 bits per heavy atom. The van der Waals surface area contributed by atoms with Crippen LogP contribution in [0.3, 0.4) is 0 Å². The second kappa shape index (κ2) is 12.6. The fourth-order valence-electron chi connectivity index (χ4n) is 4.89. The zero-order valence-corrected chi connectivity index (χ0v) is 24.6. The molecule has 4 aromatic heterocycles. The molecule has 0 radical (unpaired) electrons. The molecule has 0 atom stereocenters. The lowest BCUT2D eigenvalue weighted by Gasteiger charge is -2.27. The number of nitrogens with two attached hydrogens (primary N) is 2. The Hall–Kier alpha value is -4.18. The molecule has 208 valence electrons. The molecule has 1 aromatic carbocycles. The van der Waals surface area contributed by atoms with Crippen LogP contribution in [-0.2, 0) is 19.5 Å². The van der Waals surface area contributed by atoms with Crippen molar-refractivity contribution < 1.29 is 9.59 Å². The topological polar surface area (TPSA) is 115 Å². The van der Waals surface area contributed by atoms with Gasteiger partial charge < -0.3 is 11.5 Å². The van der Waals surface area contributed by atoms with E-state index in [2.05, 4.69) is 39.1 Å². The van der Waals surface area contributed by atoms with Crippen molar-refractivity contribution in [1.29, 1.82) is 0 Å². The summed E-state index contributed by atoms with van der Waals surface area (Å²) in [7, 11) is 0. The number of hydrogen-bond acceptors (Lipinski definition) is 9. The van der Waals surface area contributed by atoms with E-state index in [0.29, 0.717) is 32.5 Å². The van der Waals surface area contributed by atoms with Gasteiger partial charge in [-0.1, -0.05) is 42.5 Å². The zero-order valence-electron chi connectivity index (χ0n) is 23.0. The number of thiophene rings is 2. The van der Waals surface area contributed by atoms with E-state index in [0.717, 1.165) is 42.1 Å². The molecule has 5 aromatic rings. The summed E-state index contributed by atoms with van der Waals surface area (Å²) in [5.74, 6) is -0.160. The van der Waals surface area contributed by atoms with Gasteiger partial charge in [0.15, 0.2) is 0 Å². The maximum absolute atomic E-state index is 12.8. The average molecular weight is 582 g/mol. The van der Waals surface area contributed by atoms with Crippen LogP contribution in [0.5, 0.6) is 0 Å². The molecule has 5 heterocycles. The Kier molecular flexibility index (Phi) is 8.68. The second-order valence-electron chi connectivity index (χ2n) is 9.80. The van der Waals surface area contributed by atoms with Crippen LogP contribution in [0, 0.1) is 13.8 Å². The molecule has 0 fully saturated rings. The highest BCUT2D eigenvalue weighted by atomic mass is 32.1. The summed E-state index contributed by atoms with van der Waals surface area (Å²) in [6.07, 6.45) is 4.10. The lowest BCUT2D eigenvalue weighted by atomic mass is 9.98. The summed E-state index contributed by atoms with van der Waals surface area (Å²) in [5.41, 5.74) is 17.6. The smallest absolute Gasteiger partial charge is 0.214 e. The summed E-state index contributed by atoms with van der Waals surface area (Å²) in [5, 5.41) is 1.19. The third kappa shape index (κ3) is 6.27. The van der Waals surface area contributed by atoms with Crippen molar-refractivity contribution in [1.82, 2.24) is 14.9 Å². The summed E-state index contributed by atoms with van der Waals surface area (Å²) >= 11 is 2.99. The average Bonchev–Trinajstić information content (AvgIpc) is 3.46. The van der Waals surface area contributed by atoms with Crippen LogP contribution < -0.4 is 11.5 Å².